The highest BCUT2D eigenvalue weighted by molar-refractivity contribution is 5.85. The summed E-state index contributed by atoms with van der Waals surface area (Å²) in [4.78, 5) is 0. The van der Waals surface area contributed by atoms with Crippen LogP contribution in [-0.2, 0) is 4.74 Å². The first-order valence-corrected chi connectivity index (χ1v) is 2.05. The Morgan fingerprint density at radius 1 is 1.75 bits per heavy atom. The fourth-order valence-corrected chi connectivity index (χ4v) is 0.127. The molecule has 0 aliphatic heterocycles. The lowest BCUT2D eigenvalue weighted by atomic mass is 10.4. The van der Waals surface area contributed by atoms with Crippen LogP contribution < -0.4 is 5.73 Å². The molecule has 0 aromatic heterocycles. The lowest BCUT2D eigenvalue weighted by Gasteiger charge is -2.03. The van der Waals surface area contributed by atoms with Crippen LogP contribution in [0.25, 0.3) is 0 Å². The van der Waals surface area contributed by atoms with Crippen LogP contribution in [0.5, 0.6) is 0 Å². The van der Waals surface area contributed by atoms with Gasteiger partial charge in [0.1, 0.15) is 11.9 Å². The highest BCUT2D eigenvalue weighted by Crippen LogP contribution is 1.81. The van der Waals surface area contributed by atoms with E-state index in [1.54, 1.807) is 6.92 Å². The van der Waals surface area contributed by atoms with Crippen LogP contribution in [0, 0.1) is 5.41 Å². The van der Waals surface area contributed by atoms with E-state index in [9.17, 15) is 0 Å². The van der Waals surface area contributed by atoms with E-state index in [-0.39, 0.29) is 24.3 Å². The van der Waals surface area contributed by atoms with Gasteiger partial charge in [0.15, 0.2) is 0 Å². The Balaban J connectivity index is 0. The molecule has 3 N–H and O–H groups in total. The van der Waals surface area contributed by atoms with Crippen molar-refractivity contribution in [2.24, 2.45) is 5.73 Å². The van der Waals surface area contributed by atoms with Crippen LogP contribution in [0.3, 0.4) is 0 Å². The third-order valence-corrected chi connectivity index (χ3v) is 0.792. The molecule has 0 radical (unpaired) electrons. The van der Waals surface area contributed by atoms with Crippen LogP contribution in [0.2, 0.25) is 0 Å². The highest BCUT2D eigenvalue weighted by Gasteiger charge is 1.98. The zero-order valence-corrected chi connectivity index (χ0v) is 5.79. The molecule has 3 nitrogen and oxygen atoms in total. The SMILES string of the molecule is COC(C)C(=N)N.Cl. The molecule has 1 atom stereocenters. The number of amidine groups is 1. The van der Waals surface area contributed by atoms with Gasteiger partial charge in [-0.25, -0.2) is 0 Å². The van der Waals surface area contributed by atoms with E-state index in [4.69, 9.17) is 11.1 Å². The standard InChI is InChI=1S/C4H10N2O.ClH/c1-3(7-2)4(5)6;/h3H,1-2H3,(H3,5,6);1H. The summed E-state index contributed by atoms with van der Waals surface area (Å²) >= 11 is 0. The number of halogens is 1. The normalized spacial score (nSPS) is 11.8. The van der Waals surface area contributed by atoms with Gasteiger partial charge in [-0.3, -0.25) is 5.41 Å². The molecule has 0 aromatic rings. The molecular formula is C4H11ClN2O. The fraction of sp³-hybridized carbons (Fsp3) is 0.750. The van der Waals surface area contributed by atoms with Crippen molar-refractivity contribution in [3.05, 3.63) is 0 Å². The molecule has 0 rings (SSSR count). The quantitative estimate of drug-likeness (QED) is 0.428. The van der Waals surface area contributed by atoms with Gasteiger partial charge in [-0.15, -0.1) is 12.4 Å². The third-order valence-electron chi connectivity index (χ3n) is 0.792. The predicted molar refractivity (Wildman–Crippen MR) is 35.6 cm³/mol. The third kappa shape index (κ3) is 3.89. The second-order valence-electron chi connectivity index (χ2n) is 1.33. The molecule has 0 aliphatic rings. The van der Waals surface area contributed by atoms with Crippen molar-refractivity contribution in [1.29, 1.82) is 5.41 Å². The Morgan fingerprint density at radius 2 is 2.12 bits per heavy atom. The molecular weight excluding hydrogens is 128 g/mol. The Morgan fingerprint density at radius 3 is 2.12 bits per heavy atom. The molecule has 50 valence electrons. The van der Waals surface area contributed by atoms with E-state index in [1.807, 2.05) is 0 Å². The second-order valence-corrected chi connectivity index (χ2v) is 1.33. The molecule has 0 saturated heterocycles. The minimum atomic E-state index is -0.236. The summed E-state index contributed by atoms with van der Waals surface area (Å²) in [6.07, 6.45) is -0.236. The average Bonchev–Trinajstić information content (AvgIpc) is 1.65. The Labute approximate surface area is 55.1 Å². The summed E-state index contributed by atoms with van der Waals surface area (Å²) < 4.78 is 4.66. The molecule has 0 aromatic carbocycles. The van der Waals surface area contributed by atoms with E-state index >= 15 is 0 Å². The van der Waals surface area contributed by atoms with E-state index in [1.165, 1.54) is 7.11 Å². The maximum absolute atomic E-state index is 6.75. The molecule has 0 bridgehead atoms. The lowest BCUT2D eigenvalue weighted by Crippen LogP contribution is -2.26. The van der Waals surface area contributed by atoms with Gasteiger partial charge in [-0.2, -0.15) is 0 Å². The number of nitrogens with two attached hydrogens (primary N) is 1. The van der Waals surface area contributed by atoms with E-state index < -0.39 is 0 Å². The largest absolute Gasteiger partial charge is 0.385 e. The maximum Gasteiger partial charge on any atom is 0.120 e. The molecule has 8 heavy (non-hydrogen) atoms. The molecule has 1 unspecified atom stereocenters. The Hall–Kier alpha value is -0.280. The predicted octanol–water partition coefficient (Wildman–Crippen LogP) is 0.379. The highest BCUT2D eigenvalue weighted by atomic mass is 35.5. The number of ether oxygens (including phenoxy) is 1. The van der Waals surface area contributed by atoms with Crippen molar-refractivity contribution in [3.8, 4) is 0 Å². The van der Waals surface area contributed by atoms with E-state index in [2.05, 4.69) is 4.74 Å². The molecule has 0 saturated carbocycles. The van der Waals surface area contributed by atoms with Crippen LogP contribution >= 0.6 is 12.4 Å². The van der Waals surface area contributed by atoms with Gasteiger partial charge in [0.2, 0.25) is 0 Å². The van der Waals surface area contributed by atoms with Crippen LogP contribution in [0.4, 0.5) is 0 Å². The monoisotopic (exact) mass is 138 g/mol. The molecule has 0 aliphatic carbocycles. The second kappa shape index (κ2) is 4.87. The summed E-state index contributed by atoms with van der Waals surface area (Å²) in [5.41, 5.74) is 5.00. The Bertz CT molecular complexity index is 76.4. The first kappa shape index (κ1) is 10.7. The molecule has 0 spiro atoms. The summed E-state index contributed by atoms with van der Waals surface area (Å²) in [6, 6.07) is 0. The fourth-order valence-electron chi connectivity index (χ4n) is 0.127. The minimum Gasteiger partial charge on any atom is -0.385 e. The maximum atomic E-state index is 6.75. The van der Waals surface area contributed by atoms with Gasteiger partial charge in [-0.1, -0.05) is 0 Å². The number of hydrogen-bond acceptors (Lipinski definition) is 2. The van der Waals surface area contributed by atoms with Crippen LogP contribution in [-0.4, -0.2) is 19.0 Å². The van der Waals surface area contributed by atoms with Crippen molar-refractivity contribution in [2.75, 3.05) is 7.11 Å². The molecule has 0 amide bonds. The molecule has 0 fully saturated rings. The van der Waals surface area contributed by atoms with Crippen molar-refractivity contribution in [2.45, 2.75) is 13.0 Å². The van der Waals surface area contributed by atoms with Gasteiger partial charge < -0.3 is 10.5 Å². The first-order chi connectivity index (χ1) is 3.18. The molecule has 0 heterocycles. The zero-order chi connectivity index (χ0) is 5.86. The van der Waals surface area contributed by atoms with Gasteiger partial charge in [-0.05, 0) is 6.92 Å². The minimum absolute atomic E-state index is 0. The number of rotatable bonds is 2. The summed E-state index contributed by atoms with van der Waals surface area (Å²) in [7, 11) is 1.52. The smallest absolute Gasteiger partial charge is 0.120 e. The van der Waals surface area contributed by atoms with Gasteiger partial charge in [0, 0.05) is 7.11 Å². The summed E-state index contributed by atoms with van der Waals surface area (Å²) in [5.74, 6) is 0.0718. The summed E-state index contributed by atoms with van der Waals surface area (Å²) in [5, 5.41) is 6.75. The van der Waals surface area contributed by atoms with Crippen LogP contribution in [0.15, 0.2) is 0 Å². The Kier molecular flexibility index (Phi) is 6.48. The van der Waals surface area contributed by atoms with Crippen molar-refractivity contribution < 1.29 is 4.74 Å². The first-order valence-electron chi connectivity index (χ1n) is 2.05. The number of methoxy groups -OCH3 is 1. The van der Waals surface area contributed by atoms with Gasteiger partial charge in [0.05, 0.1) is 0 Å². The topological polar surface area (TPSA) is 59.1 Å². The van der Waals surface area contributed by atoms with Crippen molar-refractivity contribution >= 4 is 18.2 Å². The van der Waals surface area contributed by atoms with E-state index in [0.29, 0.717) is 0 Å². The summed E-state index contributed by atoms with van der Waals surface area (Å²) in [6.45, 7) is 1.72. The van der Waals surface area contributed by atoms with E-state index in [0.717, 1.165) is 0 Å². The van der Waals surface area contributed by atoms with Crippen LogP contribution in [0.1, 0.15) is 6.92 Å². The van der Waals surface area contributed by atoms with Gasteiger partial charge in [0.25, 0.3) is 0 Å². The lowest BCUT2D eigenvalue weighted by molar-refractivity contribution is 0.169. The molecule has 4 heteroatoms. The van der Waals surface area contributed by atoms with Crippen molar-refractivity contribution in [1.82, 2.24) is 0 Å². The van der Waals surface area contributed by atoms with Gasteiger partial charge >= 0.3 is 0 Å². The number of hydrogen-bond donors (Lipinski definition) is 2. The number of nitrogens with one attached hydrogen (secondary N) is 1. The van der Waals surface area contributed by atoms with Crippen molar-refractivity contribution in [3.63, 3.8) is 0 Å². The average molecular weight is 139 g/mol. The zero-order valence-electron chi connectivity index (χ0n) is 4.97.